The molecule has 0 bridgehead atoms. The van der Waals surface area contributed by atoms with E-state index >= 15 is 0 Å². The van der Waals surface area contributed by atoms with Crippen LogP contribution in [0.25, 0.3) is 0 Å². The predicted molar refractivity (Wildman–Crippen MR) is 195 cm³/mol. The Morgan fingerprint density at radius 2 is 1.55 bits per heavy atom. The minimum Gasteiger partial charge on any atom is -0.464 e. The molecule has 2 aromatic rings. The van der Waals surface area contributed by atoms with E-state index < -0.39 is 35.0 Å². The molecule has 4 atom stereocenters. The first-order valence-corrected chi connectivity index (χ1v) is 17.5. The van der Waals surface area contributed by atoms with Crippen molar-refractivity contribution < 1.29 is 23.9 Å². The fraction of sp³-hybridized carbons (Fsp3) is 0.550. The van der Waals surface area contributed by atoms with Crippen LogP contribution in [0.4, 0.5) is 0 Å². The Morgan fingerprint density at radius 1 is 0.959 bits per heavy atom. The fourth-order valence-corrected chi connectivity index (χ4v) is 6.65. The number of benzene rings is 2. The normalized spacial score (nSPS) is 17.3. The van der Waals surface area contributed by atoms with Crippen molar-refractivity contribution in [1.29, 1.82) is 0 Å². The van der Waals surface area contributed by atoms with Gasteiger partial charge < -0.3 is 25.2 Å². The van der Waals surface area contributed by atoms with Gasteiger partial charge in [-0.15, -0.1) is 0 Å². The average Bonchev–Trinajstić information content (AvgIpc) is 3.55. The van der Waals surface area contributed by atoms with Crippen LogP contribution < -0.4 is 10.6 Å². The van der Waals surface area contributed by atoms with Gasteiger partial charge >= 0.3 is 5.97 Å². The Hall–Kier alpha value is -3.98. The Balaban J connectivity index is 1.76. The molecule has 2 aromatic carbocycles. The molecule has 0 spiro atoms. The van der Waals surface area contributed by atoms with E-state index in [0.717, 1.165) is 11.1 Å². The highest BCUT2D eigenvalue weighted by molar-refractivity contribution is 5.96. The van der Waals surface area contributed by atoms with Crippen LogP contribution >= 0.6 is 0 Å². The molecule has 49 heavy (non-hydrogen) atoms. The second-order valence-electron chi connectivity index (χ2n) is 15.2. The van der Waals surface area contributed by atoms with E-state index in [0.29, 0.717) is 31.4 Å². The molecule has 0 aliphatic carbocycles. The maximum absolute atomic E-state index is 14.3. The highest BCUT2D eigenvalue weighted by Crippen LogP contribution is 2.29. The zero-order valence-corrected chi connectivity index (χ0v) is 31.2. The summed E-state index contributed by atoms with van der Waals surface area (Å²) in [4.78, 5) is 58.2. The van der Waals surface area contributed by atoms with Crippen molar-refractivity contribution in [2.75, 3.05) is 27.2 Å². The zero-order chi connectivity index (χ0) is 36.5. The molecule has 1 aliphatic heterocycles. The van der Waals surface area contributed by atoms with Crippen LogP contribution in [-0.2, 0) is 35.8 Å². The Morgan fingerprint density at radius 3 is 2.10 bits per heavy atom. The smallest absolute Gasteiger partial charge is 0.328 e. The van der Waals surface area contributed by atoms with Crippen LogP contribution in [-0.4, -0.2) is 84.9 Å². The minimum absolute atomic E-state index is 0.0348. The first kappa shape index (κ1) is 39.5. The SMILES string of the molecule is CN[C@H](C(=O)N[C@H](C(=O)N(C)[C@H](/C=C(\C)C(=O)N1CCC[C@H]1C(=O)OCCc1ccccc1)C(C)C)C(C)(C)C)C(C)(C)c1ccccc1. The maximum Gasteiger partial charge on any atom is 0.328 e. The van der Waals surface area contributed by atoms with Crippen molar-refractivity contribution >= 4 is 23.7 Å². The number of rotatable bonds is 14. The molecule has 0 radical (unpaired) electrons. The topological polar surface area (TPSA) is 108 Å². The number of nitrogens with one attached hydrogen (secondary N) is 2. The van der Waals surface area contributed by atoms with E-state index in [9.17, 15) is 19.2 Å². The molecule has 1 fully saturated rings. The summed E-state index contributed by atoms with van der Waals surface area (Å²) < 4.78 is 5.60. The number of amides is 3. The lowest BCUT2D eigenvalue weighted by Crippen LogP contribution is -2.61. The molecule has 0 aromatic heterocycles. The van der Waals surface area contributed by atoms with Crippen molar-refractivity contribution in [2.24, 2.45) is 11.3 Å². The molecule has 3 rings (SSSR count). The van der Waals surface area contributed by atoms with Crippen molar-refractivity contribution in [3.63, 3.8) is 0 Å². The quantitative estimate of drug-likeness (QED) is 0.208. The molecule has 9 nitrogen and oxygen atoms in total. The van der Waals surface area contributed by atoms with Gasteiger partial charge in [-0.25, -0.2) is 4.79 Å². The van der Waals surface area contributed by atoms with E-state index in [2.05, 4.69) is 10.6 Å². The Bertz CT molecular complexity index is 1450. The van der Waals surface area contributed by atoms with Crippen LogP contribution in [0.1, 0.15) is 79.4 Å². The summed E-state index contributed by atoms with van der Waals surface area (Å²) in [6.07, 6.45) is 3.69. The number of likely N-dealkylation sites (N-methyl/N-ethyl adjacent to an activating group) is 2. The highest BCUT2D eigenvalue weighted by atomic mass is 16.5. The van der Waals surface area contributed by atoms with E-state index in [4.69, 9.17) is 4.74 Å². The number of likely N-dealkylation sites (tertiary alicyclic amines) is 1. The van der Waals surface area contributed by atoms with Crippen molar-refractivity contribution in [3.8, 4) is 0 Å². The summed E-state index contributed by atoms with van der Waals surface area (Å²) >= 11 is 0. The first-order chi connectivity index (χ1) is 23.0. The van der Waals surface area contributed by atoms with Crippen LogP contribution in [0.2, 0.25) is 0 Å². The zero-order valence-electron chi connectivity index (χ0n) is 31.2. The molecule has 268 valence electrons. The molecule has 9 heteroatoms. The second-order valence-corrected chi connectivity index (χ2v) is 15.2. The fourth-order valence-electron chi connectivity index (χ4n) is 6.65. The molecular formula is C40H58N4O5. The maximum atomic E-state index is 14.3. The summed E-state index contributed by atoms with van der Waals surface area (Å²) in [6, 6.07) is 17.2. The highest BCUT2D eigenvalue weighted by Gasteiger charge is 2.42. The summed E-state index contributed by atoms with van der Waals surface area (Å²) in [5.41, 5.74) is 1.39. The van der Waals surface area contributed by atoms with E-state index in [1.165, 1.54) is 0 Å². The van der Waals surface area contributed by atoms with Gasteiger partial charge in [0.15, 0.2) is 0 Å². The lowest BCUT2D eigenvalue weighted by molar-refractivity contribution is -0.152. The van der Waals surface area contributed by atoms with Crippen LogP contribution in [0.5, 0.6) is 0 Å². The second kappa shape index (κ2) is 17.1. The van der Waals surface area contributed by atoms with Gasteiger partial charge in [-0.2, -0.15) is 0 Å². The van der Waals surface area contributed by atoms with E-state index in [1.54, 1.807) is 30.8 Å². The molecule has 0 saturated carbocycles. The number of carbonyl (C=O) groups excluding carboxylic acids is 4. The van der Waals surface area contributed by atoms with Crippen LogP contribution in [0, 0.1) is 11.3 Å². The van der Waals surface area contributed by atoms with Gasteiger partial charge in [-0.1, -0.05) is 115 Å². The summed E-state index contributed by atoms with van der Waals surface area (Å²) in [5, 5.41) is 6.27. The number of carbonyl (C=O) groups is 4. The van der Waals surface area contributed by atoms with Gasteiger partial charge in [0.05, 0.1) is 18.7 Å². The number of esters is 1. The Labute approximate surface area is 293 Å². The largest absolute Gasteiger partial charge is 0.464 e. The summed E-state index contributed by atoms with van der Waals surface area (Å²) in [7, 11) is 3.47. The van der Waals surface area contributed by atoms with Crippen LogP contribution in [0.15, 0.2) is 72.3 Å². The molecule has 0 unspecified atom stereocenters. The third-order valence-corrected chi connectivity index (χ3v) is 9.69. The van der Waals surface area contributed by atoms with E-state index in [1.807, 2.05) is 115 Å². The molecule has 1 aliphatic rings. The summed E-state index contributed by atoms with van der Waals surface area (Å²) in [6.45, 7) is 16.3. The third kappa shape index (κ3) is 10.0. The number of nitrogens with zero attached hydrogens (tertiary/aromatic N) is 2. The van der Waals surface area contributed by atoms with Gasteiger partial charge in [0, 0.05) is 31.0 Å². The lowest BCUT2D eigenvalue weighted by Gasteiger charge is -2.40. The average molecular weight is 675 g/mol. The number of hydrogen-bond acceptors (Lipinski definition) is 6. The Kier molecular flexibility index (Phi) is 13.8. The standard InChI is InChI=1S/C40H58N4O5/c1-27(2)32(26-28(3)36(46)44-24-17-22-31(44)38(48)49-25-23-29-18-13-11-14-19-29)43(10)37(47)34(39(4,5)6)42-35(45)33(41-9)40(7,8)30-20-15-12-16-21-30/h11-16,18-21,26-27,31-34,41H,17,22-25H2,1-10H3,(H,42,45)/b28-26+/t31-,32+,33+,34+/m0/s1. The number of hydrogen-bond donors (Lipinski definition) is 2. The molecule has 2 N–H and O–H groups in total. The van der Waals surface area contributed by atoms with Gasteiger partial charge in [-0.05, 0) is 49.3 Å². The molecule has 1 saturated heterocycles. The van der Waals surface area contributed by atoms with Gasteiger partial charge in [0.25, 0.3) is 0 Å². The van der Waals surface area contributed by atoms with Crippen molar-refractivity contribution in [3.05, 3.63) is 83.4 Å². The minimum atomic E-state index is -0.827. The third-order valence-electron chi connectivity index (χ3n) is 9.69. The lowest BCUT2D eigenvalue weighted by atomic mass is 9.76. The van der Waals surface area contributed by atoms with E-state index in [-0.39, 0.29) is 36.2 Å². The van der Waals surface area contributed by atoms with Gasteiger partial charge in [0.1, 0.15) is 12.1 Å². The van der Waals surface area contributed by atoms with Crippen LogP contribution in [0.3, 0.4) is 0 Å². The van der Waals surface area contributed by atoms with Crippen molar-refractivity contribution in [2.45, 2.75) is 104 Å². The molecule has 1 heterocycles. The van der Waals surface area contributed by atoms with Gasteiger partial charge in [0.2, 0.25) is 17.7 Å². The summed E-state index contributed by atoms with van der Waals surface area (Å²) in [5.74, 6) is -1.18. The molecular weight excluding hydrogens is 616 g/mol. The van der Waals surface area contributed by atoms with Crippen molar-refractivity contribution in [1.82, 2.24) is 20.4 Å². The van der Waals surface area contributed by atoms with Gasteiger partial charge in [-0.3, -0.25) is 14.4 Å². The predicted octanol–water partition coefficient (Wildman–Crippen LogP) is 5.29. The monoisotopic (exact) mass is 674 g/mol. The number of ether oxygens (including phenoxy) is 1. The first-order valence-electron chi connectivity index (χ1n) is 17.5. The molecule has 3 amide bonds.